The minimum atomic E-state index is -2.69. The van der Waals surface area contributed by atoms with Gasteiger partial charge < -0.3 is 9.47 Å². The van der Waals surface area contributed by atoms with E-state index in [2.05, 4.69) is 9.72 Å². The van der Waals surface area contributed by atoms with Gasteiger partial charge in [-0.1, -0.05) is 0 Å². The maximum absolute atomic E-state index is 12.6. The molecule has 0 aromatic carbocycles. The summed E-state index contributed by atoms with van der Waals surface area (Å²) in [5.74, 6) is -0.778. The van der Waals surface area contributed by atoms with Crippen LogP contribution in [0.1, 0.15) is 28.0 Å². The Labute approximate surface area is 91.2 Å². The molecule has 0 amide bonds. The zero-order valence-corrected chi connectivity index (χ0v) is 9.08. The number of aromatic nitrogens is 1. The third-order valence-corrected chi connectivity index (χ3v) is 2.05. The fourth-order valence-corrected chi connectivity index (χ4v) is 1.23. The number of rotatable bonds is 3. The Morgan fingerprint density at radius 3 is 2.50 bits per heavy atom. The lowest BCUT2D eigenvalue weighted by molar-refractivity contribution is 0.0595. The molecule has 0 saturated heterocycles. The van der Waals surface area contributed by atoms with Crippen molar-refractivity contribution in [3.05, 3.63) is 22.9 Å². The zero-order valence-electron chi connectivity index (χ0n) is 9.08. The van der Waals surface area contributed by atoms with Crippen molar-refractivity contribution >= 4 is 5.97 Å². The first-order chi connectivity index (χ1) is 7.51. The van der Waals surface area contributed by atoms with Crippen molar-refractivity contribution < 1.29 is 23.0 Å². The lowest BCUT2D eigenvalue weighted by Crippen LogP contribution is -2.08. The number of aryl methyl sites for hydroxylation is 1. The number of ether oxygens (including phenoxy) is 2. The van der Waals surface area contributed by atoms with E-state index in [0.717, 1.165) is 13.2 Å². The summed E-state index contributed by atoms with van der Waals surface area (Å²) < 4.78 is 34.4. The van der Waals surface area contributed by atoms with Crippen molar-refractivity contribution in [3.63, 3.8) is 0 Å². The quantitative estimate of drug-likeness (QED) is 0.747. The molecule has 1 aromatic rings. The van der Waals surface area contributed by atoms with Gasteiger partial charge in [-0.05, 0) is 13.0 Å². The summed E-state index contributed by atoms with van der Waals surface area (Å²) in [6.07, 6.45) is -2.69. The minimum Gasteiger partial charge on any atom is -0.480 e. The number of alkyl halides is 2. The molecule has 0 aliphatic rings. The molecule has 1 rings (SSSR count). The molecule has 0 aliphatic heterocycles. The zero-order chi connectivity index (χ0) is 12.3. The molecule has 0 bridgehead atoms. The van der Waals surface area contributed by atoms with Crippen molar-refractivity contribution in [1.29, 1.82) is 0 Å². The number of halogens is 2. The van der Waals surface area contributed by atoms with Crippen LogP contribution in [0.25, 0.3) is 0 Å². The van der Waals surface area contributed by atoms with Gasteiger partial charge in [0.1, 0.15) is 5.56 Å². The smallest absolute Gasteiger partial charge is 0.343 e. The second-order valence-electron chi connectivity index (χ2n) is 3.01. The van der Waals surface area contributed by atoms with Gasteiger partial charge in [0.25, 0.3) is 6.43 Å². The normalized spacial score (nSPS) is 10.4. The molecule has 1 aromatic heterocycles. The third-order valence-electron chi connectivity index (χ3n) is 2.05. The molecular weight excluding hydrogens is 220 g/mol. The topological polar surface area (TPSA) is 48.4 Å². The van der Waals surface area contributed by atoms with Gasteiger partial charge in [-0.25, -0.2) is 18.6 Å². The van der Waals surface area contributed by atoms with E-state index in [0.29, 0.717) is 0 Å². The molecule has 0 N–H and O–H groups in total. The summed E-state index contributed by atoms with van der Waals surface area (Å²) in [4.78, 5) is 15.1. The molecule has 0 fully saturated rings. The fraction of sp³-hybridized carbons (Fsp3) is 0.400. The fourth-order valence-electron chi connectivity index (χ4n) is 1.23. The van der Waals surface area contributed by atoms with Crippen LogP contribution in [0, 0.1) is 6.92 Å². The summed E-state index contributed by atoms with van der Waals surface area (Å²) in [5.41, 5.74) is -0.286. The molecule has 0 radical (unpaired) electrons. The summed E-state index contributed by atoms with van der Waals surface area (Å²) in [6.45, 7) is 1.42. The van der Waals surface area contributed by atoms with Crippen molar-refractivity contribution in [2.45, 2.75) is 13.3 Å². The van der Waals surface area contributed by atoms with Crippen LogP contribution >= 0.6 is 0 Å². The van der Waals surface area contributed by atoms with Gasteiger partial charge in [-0.2, -0.15) is 0 Å². The Bertz CT molecular complexity index is 407. The van der Waals surface area contributed by atoms with Crippen molar-refractivity contribution in [2.75, 3.05) is 14.2 Å². The predicted octanol–water partition coefficient (Wildman–Crippen LogP) is 2.12. The SMILES string of the molecule is COC(=O)c1cc(C(F)F)c(C)nc1OC. The molecule has 0 aliphatic carbocycles. The molecule has 0 saturated carbocycles. The molecule has 0 unspecified atom stereocenters. The molecule has 6 heteroatoms. The summed E-state index contributed by atoms with van der Waals surface area (Å²) in [6, 6.07) is 1.04. The van der Waals surface area contributed by atoms with Gasteiger partial charge in [-0.3, -0.25) is 0 Å². The molecule has 0 atom stereocenters. The van der Waals surface area contributed by atoms with E-state index in [-0.39, 0.29) is 22.7 Å². The Hall–Kier alpha value is -1.72. The molecule has 0 spiro atoms. The largest absolute Gasteiger partial charge is 0.480 e. The highest BCUT2D eigenvalue weighted by Gasteiger charge is 2.20. The van der Waals surface area contributed by atoms with Crippen LogP contribution in [0.3, 0.4) is 0 Å². The first-order valence-electron chi connectivity index (χ1n) is 4.43. The van der Waals surface area contributed by atoms with Crippen LogP contribution in [0.5, 0.6) is 5.88 Å². The van der Waals surface area contributed by atoms with Gasteiger partial charge >= 0.3 is 5.97 Å². The molecule has 88 valence electrons. The van der Waals surface area contributed by atoms with Crippen LogP contribution in [0.15, 0.2) is 6.07 Å². The van der Waals surface area contributed by atoms with E-state index >= 15 is 0 Å². The van der Waals surface area contributed by atoms with E-state index in [1.807, 2.05) is 0 Å². The Balaban J connectivity index is 3.34. The van der Waals surface area contributed by atoms with Gasteiger partial charge in [0, 0.05) is 5.56 Å². The molecule has 16 heavy (non-hydrogen) atoms. The average molecular weight is 231 g/mol. The van der Waals surface area contributed by atoms with Gasteiger partial charge in [0.05, 0.1) is 19.9 Å². The number of hydrogen-bond acceptors (Lipinski definition) is 4. The van der Waals surface area contributed by atoms with Crippen LogP contribution in [-0.2, 0) is 4.74 Å². The van der Waals surface area contributed by atoms with E-state index in [1.54, 1.807) is 0 Å². The average Bonchev–Trinajstić information content (AvgIpc) is 2.27. The lowest BCUT2D eigenvalue weighted by atomic mass is 10.1. The predicted molar refractivity (Wildman–Crippen MR) is 51.8 cm³/mol. The van der Waals surface area contributed by atoms with Crippen LogP contribution in [-0.4, -0.2) is 25.2 Å². The third kappa shape index (κ3) is 2.26. The Morgan fingerprint density at radius 1 is 1.44 bits per heavy atom. The van der Waals surface area contributed by atoms with Crippen LogP contribution < -0.4 is 4.74 Å². The van der Waals surface area contributed by atoms with Crippen LogP contribution in [0.2, 0.25) is 0 Å². The van der Waals surface area contributed by atoms with E-state index in [1.165, 1.54) is 14.0 Å². The number of carbonyl (C=O) groups excluding carboxylic acids is 1. The van der Waals surface area contributed by atoms with Crippen LogP contribution in [0.4, 0.5) is 8.78 Å². The molecule has 1 heterocycles. The molecular formula is C10H11F2NO3. The number of methoxy groups -OCH3 is 2. The summed E-state index contributed by atoms with van der Waals surface area (Å²) in [5, 5.41) is 0. The standard InChI is InChI=1S/C10H11F2NO3/c1-5-6(8(11)12)4-7(10(14)16-3)9(13-5)15-2/h4,8H,1-3H3. The van der Waals surface area contributed by atoms with Gasteiger partial charge in [0.15, 0.2) is 0 Å². The number of esters is 1. The summed E-state index contributed by atoms with van der Waals surface area (Å²) >= 11 is 0. The van der Waals surface area contributed by atoms with E-state index < -0.39 is 12.4 Å². The maximum atomic E-state index is 12.6. The van der Waals surface area contributed by atoms with Gasteiger partial charge in [0.2, 0.25) is 5.88 Å². The number of hydrogen-bond donors (Lipinski definition) is 0. The number of carbonyl (C=O) groups is 1. The van der Waals surface area contributed by atoms with Crippen molar-refractivity contribution in [1.82, 2.24) is 4.98 Å². The van der Waals surface area contributed by atoms with Gasteiger partial charge in [-0.15, -0.1) is 0 Å². The first-order valence-corrected chi connectivity index (χ1v) is 4.43. The second-order valence-corrected chi connectivity index (χ2v) is 3.01. The highest BCUT2D eigenvalue weighted by Crippen LogP contribution is 2.27. The number of pyridine rings is 1. The van der Waals surface area contributed by atoms with E-state index in [4.69, 9.17) is 4.74 Å². The summed E-state index contributed by atoms with van der Waals surface area (Å²) in [7, 11) is 2.46. The minimum absolute atomic E-state index is 0.0197. The van der Waals surface area contributed by atoms with Crippen molar-refractivity contribution in [2.24, 2.45) is 0 Å². The lowest BCUT2D eigenvalue weighted by Gasteiger charge is -2.10. The molecule has 4 nitrogen and oxygen atoms in total. The number of nitrogens with zero attached hydrogens (tertiary/aromatic N) is 1. The monoisotopic (exact) mass is 231 g/mol. The maximum Gasteiger partial charge on any atom is 0.343 e. The van der Waals surface area contributed by atoms with E-state index in [9.17, 15) is 13.6 Å². The first kappa shape index (κ1) is 12.4. The Morgan fingerprint density at radius 2 is 2.06 bits per heavy atom. The Kier molecular flexibility index (Phi) is 3.76. The highest BCUT2D eigenvalue weighted by molar-refractivity contribution is 5.92. The highest BCUT2D eigenvalue weighted by atomic mass is 19.3. The second kappa shape index (κ2) is 4.87. The van der Waals surface area contributed by atoms with Crippen molar-refractivity contribution in [3.8, 4) is 5.88 Å².